The highest BCUT2D eigenvalue weighted by atomic mass is 19.1. The lowest BCUT2D eigenvalue weighted by atomic mass is 10.1. The van der Waals surface area contributed by atoms with Gasteiger partial charge >= 0.3 is 0 Å². The fourth-order valence-corrected chi connectivity index (χ4v) is 4.70. The van der Waals surface area contributed by atoms with E-state index in [4.69, 9.17) is 14.4 Å². The van der Waals surface area contributed by atoms with Crippen molar-refractivity contribution in [3.8, 4) is 28.3 Å². The van der Waals surface area contributed by atoms with E-state index in [1.165, 1.54) is 12.1 Å². The Balaban J connectivity index is 1.54. The Morgan fingerprint density at radius 2 is 1.49 bits per heavy atom. The van der Waals surface area contributed by atoms with E-state index in [0.29, 0.717) is 22.6 Å². The zero-order chi connectivity index (χ0) is 23.4. The van der Waals surface area contributed by atoms with Gasteiger partial charge < -0.3 is 4.42 Å². The average molecular weight is 455 g/mol. The fourth-order valence-electron chi connectivity index (χ4n) is 4.70. The molecule has 0 unspecified atom stereocenters. The van der Waals surface area contributed by atoms with Crippen LogP contribution >= 0.6 is 0 Å². The van der Waals surface area contributed by atoms with E-state index >= 15 is 0 Å². The minimum atomic E-state index is -0.327. The summed E-state index contributed by atoms with van der Waals surface area (Å²) in [4.78, 5) is 9.90. The highest BCUT2D eigenvalue weighted by Crippen LogP contribution is 2.38. The highest BCUT2D eigenvalue weighted by molar-refractivity contribution is 6.09. The number of rotatable bonds is 3. The highest BCUT2D eigenvalue weighted by Gasteiger charge is 2.20. The Morgan fingerprint density at radius 1 is 0.686 bits per heavy atom. The molecule has 0 saturated carbocycles. The molecule has 0 atom stereocenters. The lowest BCUT2D eigenvalue weighted by Crippen LogP contribution is -1.97. The van der Waals surface area contributed by atoms with Crippen molar-refractivity contribution in [3.63, 3.8) is 0 Å². The summed E-state index contributed by atoms with van der Waals surface area (Å²) in [6, 6.07) is 34.8. The quantitative estimate of drug-likeness (QED) is 0.273. The molecule has 4 nitrogen and oxygen atoms in total. The molecule has 0 bridgehead atoms. The standard InChI is InChI=1S/C30H18FN3O/c31-20-14-15-22-23-12-7-13-24(28(23)35-27(22)18-20)30-33-29-26(34(30)21-10-5-2-6-11-21)17-16-25(32-29)19-8-3-1-4-9-19/h1-18H. The number of nitrogens with zero attached hydrogens (tertiary/aromatic N) is 3. The number of benzene rings is 4. The molecule has 0 spiro atoms. The van der Waals surface area contributed by atoms with Crippen LogP contribution in [-0.4, -0.2) is 14.5 Å². The van der Waals surface area contributed by atoms with Crippen molar-refractivity contribution in [2.24, 2.45) is 0 Å². The smallest absolute Gasteiger partial charge is 0.179 e. The van der Waals surface area contributed by atoms with Gasteiger partial charge in [0.1, 0.15) is 17.0 Å². The maximum Gasteiger partial charge on any atom is 0.179 e. The Kier molecular flexibility index (Phi) is 4.29. The van der Waals surface area contributed by atoms with Gasteiger partial charge in [-0.3, -0.25) is 4.57 Å². The third kappa shape index (κ3) is 3.13. The molecule has 0 amide bonds. The zero-order valence-electron chi connectivity index (χ0n) is 18.5. The van der Waals surface area contributed by atoms with E-state index in [0.717, 1.165) is 38.8 Å². The van der Waals surface area contributed by atoms with Crippen molar-refractivity contribution >= 4 is 33.1 Å². The summed E-state index contributed by atoms with van der Waals surface area (Å²) in [7, 11) is 0. The van der Waals surface area contributed by atoms with Crippen LogP contribution in [-0.2, 0) is 0 Å². The second-order valence-electron chi connectivity index (χ2n) is 8.44. The van der Waals surface area contributed by atoms with Gasteiger partial charge in [0.05, 0.1) is 16.8 Å². The number of para-hydroxylation sites is 2. The third-order valence-electron chi connectivity index (χ3n) is 6.30. The largest absolute Gasteiger partial charge is 0.455 e. The number of hydrogen-bond donors (Lipinski definition) is 0. The minimum absolute atomic E-state index is 0.327. The molecule has 35 heavy (non-hydrogen) atoms. The lowest BCUT2D eigenvalue weighted by molar-refractivity contribution is 0.618. The first-order valence-electron chi connectivity index (χ1n) is 11.4. The number of halogens is 1. The predicted molar refractivity (Wildman–Crippen MR) is 137 cm³/mol. The molecule has 3 heterocycles. The maximum atomic E-state index is 13.9. The van der Waals surface area contributed by atoms with Gasteiger partial charge in [-0.05, 0) is 42.5 Å². The van der Waals surface area contributed by atoms with Gasteiger partial charge in [0.25, 0.3) is 0 Å². The number of pyridine rings is 1. The van der Waals surface area contributed by atoms with E-state index < -0.39 is 0 Å². The van der Waals surface area contributed by atoms with E-state index in [1.807, 2.05) is 84.9 Å². The van der Waals surface area contributed by atoms with E-state index in [1.54, 1.807) is 6.07 Å². The Bertz CT molecular complexity index is 1850. The molecule has 7 rings (SSSR count). The molecule has 0 aliphatic carbocycles. The molecule has 3 aromatic heterocycles. The van der Waals surface area contributed by atoms with Gasteiger partial charge in [-0.25, -0.2) is 14.4 Å². The number of hydrogen-bond acceptors (Lipinski definition) is 3. The Morgan fingerprint density at radius 3 is 2.31 bits per heavy atom. The van der Waals surface area contributed by atoms with Crippen molar-refractivity contribution in [2.45, 2.75) is 0 Å². The molecule has 0 saturated heterocycles. The SMILES string of the molecule is Fc1ccc2c(c1)oc1c(-c3nc4nc(-c5ccccc5)ccc4n3-c3ccccc3)cccc12. The van der Waals surface area contributed by atoms with Gasteiger partial charge in [-0.15, -0.1) is 0 Å². The fraction of sp³-hybridized carbons (Fsp3) is 0. The number of fused-ring (bicyclic) bond motifs is 4. The van der Waals surface area contributed by atoms with Gasteiger partial charge in [0, 0.05) is 28.1 Å². The van der Waals surface area contributed by atoms with Crippen molar-refractivity contribution in [2.75, 3.05) is 0 Å². The van der Waals surface area contributed by atoms with Crippen LogP contribution in [0.25, 0.3) is 61.4 Å². The van der Waals surface area contributed by atoms with Crippen molar-refractivity contribution in [1.29, 1.82) is 0 Å². The zero-order valence-corrected chi connectivity index (χ0v) is 18.5. The summed E-state index contributed by atoms with van der Waals surface area (Å²) >= 11 is 0. The molecule has 0 radical (unpaired) electrons. The van der Waals surface area contributed by atoms with Crippen LogP contribution < -0.4 is 0 Å². The predicted octanol–water partition coefficient (Wildman–Crippen LogP) is 7.79. The summed E-state index contributed by atoms with van der Waals surface area (Å²) < 4.78 is 22.2. The topological polar surface area (TPSA) is 43.9 Å². The molecule has 166 valence electrons. The normalized spacial score (nSPS) is 11.6. The Labute approximate surface area is 199 Å². The first kappa shape index (κ1) is 19.7. The molecular weight excluding hydrogens is 437 g/mol. The lowest BCUT2D eigenvalue weighted by Gasteiger charge is -2.10. The second-order valence-corrected chi connectivity index (χ2v) is 8.44. The summed E-state index contributed by atoms with van der Waals surface area (Å²) in [5.74, 6) is 0.390. The summed E-state index contributed by atoms with van der Waals surface area (Å²) in [5, 5.41) is 1.79. The van der Waals surface area contributed by atoms with Crippen molar-refractivity contribution in [3.05, 3.63) is 115 Å². The van der Waals surface area contributed by atoms with Crippen LogP contribution in [0.1, 0.15) is 0 Å². The van der Waals surface area contributed by atoms with Crippen LogP contribution in [0.2, 0.25) is 0 Å². The average Bonchev–Trinajstić information content (AvgIpc) is 3.47. The minimum Gasteiger partial charge on any atom is -0.455 e. The second kappa shape index (κ2) is 7.64. The first-order chi connectivity index (χ1) is 17.3. The molecule has 7 aromatic rings. The number of aromatic nitrogens is 3. The van der Waals surface area contributed by atoms with Crippen molar-refractivity contribution < 1.29 is 8.81 Å². The molecule has 0 N–H and O–H groups in total. The number of furan rings is 1. The molecule has 5 heteroatoms. The van der Waals surface area contributed by atoms with Crippen LogP contribution in [0, 0.1) is 5.82 Å². The molecule has 0 aliphatic rings. The molecule has 0 fully saturated rings. The molecular formula is C30H18FN3O. The van der Waals surface area contributed by atoms with Crippen LogP contribution in [0.5, 0.6) is 0 Å². The van der Waals surface area contributed by atoms with Gasteiger partial charge in [0.2, 0.25) is 0 Å². The first-order valence-corrected chi connectivity index (χ1v) is 11.4. The van der Waals surface area contributed by atoms with E-state index in [9.17, 15) is 4.39 Å². The van der Waals surface area contributed by atoms with E-state index in [-0.39, 0.29) is 5.82 Å². The van der Waals surface area contributed by atoms with Crippen molar-refractivity contribution in [1.82, 2.24) is 14.5 Å². The Hall–Kier alpha value is -4.77. The van der Waals surface area contributed by atoms with Crippen LogP contribution in [0.15, 0.2) is 114 Å². The monoisotopic (exact) mass is 455 g/mol. The molecule has 0 aliphatic heterocycles. The number of imidazole rings is 1. The van der Waals surface area contributed by atoms with Crippen LogP contribution in [0.3, 0.4) is 0 Å². The molecule has 4 aromatic carbocycles. The van der Waals surface area contributed by atoms with Gasteiger partial charge in [-0.2, -0.15) is 0 Å². The van der Waals surface area contributed by atoms with Gasteiger partial charge in [-0.1, -0.05) is 60.7 Å². The summed E-state index contributed by atoms with van der Waals surface area (Å²) in [6.07, 6.45) is 0. The summed E-state index contributed by atoms with van der Waals surface area (Å²) in [5.41, 5.74) is 6.41. The van der Waals surface area contributed by atoms with E-state index in [2.05, 4.69) is 10.6 Å². The van der Waals surface area contributed by atoms with Gasteiger partial charge in [0.15, 0.2) is 11.5 Å². The summed E-state index contributed by atoms with van der Waals surface area (Å²) in [6.45, 7) is 0. The maximum absolute atomic E-state index is 13.9. The third-order valence-corrected chi connectivity index (χ3v) is 6.30. The van der Waals surface area contributed by atoms with Crippen LogP contribution in [0.4, 0.5) is 4.39 Å².